The van der Waals surface area contributed by atoms with Gasteiger partial charge in [-0.1, -0.05) is 30.3 Å². The number of carbonyl (C=O) groups excluding carboxylic acids is 1. The molecule has 0 unspecified atom stereocenters. The molecule has 31 heavy (non-hydrogen) atoms. The Balaban J connectivity index is 0.000000785. The predicted molar refractivity (Wildman–Crippen MR) is 125 cm³/mol. The Morgan fingerprint density at radius 2 is 1.68 bits per heavy atom. The number of ether oxygens (including phenoxy) is 1. The van der Waals surface area contributed by atoms with E-state index in [0.717, 1.165) is 28.0 Å². The van der Waals surface area contributed by atoms with E-state index in [4.69, 9.17) is 18.8 Å². The number of anilines is 1. The highest BCUT2D eigenvalue weighted by atomic mass is 16.7. The van der Waals surface area contributed by atoms with Crippen LogP contribution in [0.15, 0.2) is 36.4 Å². The van der Waals surface area contributed by atoms with E-state index in [0.29, 0.717) is 13.0 Å². The van der Waals surface area contributed by atoms with Crippen molar-refractivity contribution in [2.24, 2.45) is 5.84 Å². The SMILES string of the molecule is CNc1cccc(C)c1OCc1ccc(B2OC(C)(C)C(C)(C)O2)cc1C.NNC=O. The minimum atomic E-state index is -0.337. The van der Waals surface area contributed by atoms with Crippen molar-refractivity contribution >= 4 is 24.7 Å². The third-order valence-electron chi connectivity index (χ3n) is 5.81. The highest BCUT2D eigenvalue weighted by Crippen LogP contribution is 2.36. The summed E-state index contributed by atoms with van der Waals surface area (Å²) >= 11 is 0. The van der Waals surface area contributed by atoms with Crippen LogP contribution in [-0.4, -0.2) is 31.8 Å². The molecule has 0 saturated carbocycles. The third kappa shape index (κ3) is 5.78. The quantitative estimate of drug-likeness (QED) is 0.216. The summed E-state index contributed by atoms with van der Waals surface area (Å²) in [6.45, 7) is 13.0. The topological polar surface area (TPSA) is 94.8 Å². The van der Waals surface area contributed by atoms with Gasteiger partial charge < -0.3 is 19.4 Å². The summed E-state index contributed by atoms with van der Waals surface area (Å²) in [6.07, 6.45) is 0.403. The fourth-order valence-electron chi connectivity index (χ4n) is 3.20. The smallest absolute Gasteiger partial charge is 0.486 e. The van der Waals surface area contributed by atoms with Crippen molar-refractivity contribution in [3.8, 4) is 5.75 Å². The molecule has 8 heteroatoms. The highest BCUT2D eigenvalue weighted by molar-refractivity contribution is 6.62. The van der Waals surface area contributed by atoms with Gasteiger partial charge in [0.05, 0.1) is 16.9 Å². The third-order valence-corrected chi connectivity index (χ3v) is 5.81. The van der Waals surface area contributed by atoms with E-state index >= 15 is 0 Å². The summed E-state index contributed by atoms with van der Waals surface area (Å²) in [6, 6.07) is 12.4. The van der Waals surface area contributed by atoms with E-state index < -0.39 is 0 Å². The molecule has 0 bridgehead atoms. The largest absolute Gasteiger partial charge is 0.494 e. The van der Waals surface area contributed by atoms with Crippen LogP contribution in [0.2, 0.25) is 0 Å². The monoisotopic (exact) mass is 427 g/mol. The van der Waals surface area contributed by atoms with Crippen molar-refractivity contribution < 1.29 is 18.8 Å². The average molecular weight is 427 g/mol. The number of rotatable bonds is 6. The molecular formula is C23H34BN3O4. The molecule has 1 fully saturated rings. The van der Waals surface area contributed by atoms with Crippen molar-refractivity contribution in [2.75, 3.05) is 12.4 Å². The van der Waals surface area contributed by atoms with Gasteiger partial charge in [0, 0.05) is 7.05 Å². The predicted octanol–water partition coefficient (Wildman–Crippen LogP) is 2.83. The molecule has 1 saturated heterocycles. The van der Waals surface area contributed by atoms with Gasteiger partial charge in [0.15, 0.2) is 0 Å². The van der Waals surface area contributed by atoms with E-state index in [9.17, 15) is 0 Å². The van der Waals surface area contributed by atoms with Crippen LogP contribution in [0.1, 0.15) is 44.4 Å². The molecule has 1 heterocycles. The van der Waals surface area contributed by atoms with Crippen LogP contribution in [0.25, 0.3) is 0 Å². The average Bonchev–Trinajstić information content (AvgIpc) is 2.95. The normalized spacial score (nSPS) is 16.2. The standard InChI is InChI=1S/C22H30BNO3.CH4N2O/c1-15-9-8-10-19(24-7)20(15)25-14-17-11-12-18(13-16(17)2)23-26-21(3,4)22(5,6)27-23;2-3-1-4/h8-13,24H,14H2,1-7H3;1H,2H2,(H,3,4). The molecule has 0 aromatic heterocycles. The number of benzene rings is 2. The van der Waals surface area contributed by atoms with Crippen molar-refractivity contribution in [3.63, 3.8) is 0 Å². The first kappa shape index (κ1) is 24.7. The van der Waals surface area contributed by atoms with Crippen molar-refractivity contribution in [2.45, 2.75) is 59.4 Å². The number of hydrazine groups is 1. The van der Waals surface area contributed by atoms with Gasteiger partial charge in [-0.2, -0.15) is 0 Å². The number of aryl methyl sites for hydroxylation is 2. The molecule has 0 spiro atoms. The van der Waals surface area contributed by atoms with Crippen LogP contribution in [0.5, 0.6) is 5.75 Å². The summed E-state index contributed by atoms with van der Waals surface area (Å²) in [4.78, 5) is 8.94. The number of amides is 1. The molecule has 0 radical (unpaired) electrons. The lowest BCUT2D eigenvalue weighted by molar-refractivity contribution is -0.109. The molecule has 0 aliphatic carbocycles. The number of hydrogen-bond donors (Lipinski definition) is 3. The zero-order valence-corrected chi connectivity index (χ0v) is 19.5. The number of nitrogens with one attached hydrogen (secondary N) is 2. The lowest BCUT2D eigenvalue weighted by Gasteiger charge is -2.32. The summed E-state index contributed by atoms with van der Waals surface area (Å²) in [7, 11) is 1.57. The van der Waals surface area contributed by atoms with E-state index in [2.05, 4.69) is 77.0 Å². The van der Waals surface area contributed by atoms with E-state index in [1.165, 1.54) is 5.56 Å². The van der Waals surface area contributed by atoms with Gasteiger partial charge in [-0.25, -0.2) is 5.84 Å². The van der Waals surface area contributed by atoms with Gasteiger partial charge in [-0.15, -0.1) is 0 Å². The maximum Gasteiger partial charge on any atom is 0.494 e. The van der Waals surface area contributed by atoms with Crippen molar-refractivity contribution in [1.82, 2.24) is 5.43 Å². The zero-order valence-electron chi connectivity index (χ0n) is 19.5. The Kier molecular flexibility index (Phi) is 8.11. The van der Waals surface area contributed by atoms with Crippen LogP contribution >= 0.6 is 0 Å². The molecule has 1 aliphatic rings. The van der Waals surface area contributed by atoms with Crippen LogP contribution in [0.4, 0.5) is 5.69 Å². The highest BCUT2D eigenvalue weighted by Gasteiger charge is 2.51. The van der Waals surface area contributed by atoms with E-state index in [-0.39, 0.29) is 18.3 Å². The van der Waals surface area contributed by atoms with Gasteiger partial charge >= 0.3 is 7.12 Å². The van der Waals surface area contributed by atoms with E-state index in [1.807, 2.05) is 19.2 Å². The first-order chi connectivity index (χ1) is 14.6. The van der Waals surface area contributed by atoms with Crippen molar-refractivity contribution in [3.05, 3.63) is 53.1 Å². The molecule has 0 atom stereocenters. The lowest BCUT2D eigenvalue weighted by Crippen LogP contribution is -2.41. The van der Waals surface area contributed by atoms with Gasteiger partial charge in [-0.3, -0.25) is 10.2 Å². The van der Waals surface area contributed by atoms with Gasteiger partial charge in [-0.05, 0) is 69.8 Å². The zero-order chi connectivity index (χ0) is 23.2. The van der Waals surface area contributed by atoms with Gasteiger partial charge in [0.25, 0.3) is 0 Å². The lowest BCUT2D eigenvalue weighted by atomic mass is 9.78. The molecule has 3 rings (SSSR count). The molecule has 2 aromatic rings. The number of nitrogens with two attached hydrogens (primary N) is 1. The van der Waals surface area contributed by atoms with Crippen LogP contribution in [0.3, 0.4) is 0 Å². The molecule has 168 valence electrons. The van der Waals surface area contributed by atoms with Gasteiger partial charge in [0.2, 0.25) is 6.41 Å². The fourth-order valence-corrected chi connectivity index (χ4v) is 3.20. The first-order valence-corrected chi connectivity index (χ1v) is 10.3. The fraction of sp³-hybridized carbons (Fsp3) is 0.435. The van der Waals surface area contributed by atoms with Crippen LogP contribution in [-0.2, 0) is 20.7 Å². The second kappa shape index (κ2) is 10.2. The Labute approximate surface area is 185 Å². The second-order valence-electron chi connectivity index (χ2n) is 8.55. The van der Waals surface area contributed by atoms with Crippen LogP contribution < -0.4 is 26.8 Å². The minimum Gasteiger partial charge on any atom is -0.486 e. The first-order valence-electron chi connectivity index (χ1n) is 10.3. The summed E-state index contributed by atoms with van der Waals surface area (Å²) in [5.74, 6) is 5.31. The maximum absolute atomic E-state index is 8.94. The maximum atomic E-state index is 8.94. The number of hydrogen-bond acceptors (Lipinski definition) is 6. The molecule has 4 N–H and O–H groups in total. The molecule has 1 amide bonds. The molecule has 1 aliphatic heterocycles. The molecule has 2 aromatic carbocycles. The summed E-state index contributed by atoms with van der Waals surface area (Å²) in [5.41, 5.74) is 6.57. The van der Waals surface area contributed by atoms with Gasteiger partial charge in [0.1, 0.15) is 12.4 Å². The number of carbonyl (C=O) groups is 1. The van der Waals surface area contributed by atoms with E-state index in [1.54, 1.807) is 5.43 Å². The summed E-state index contributed by atoms with van der Waals surface area (Å²) in [5, 5.41) is 3.19. The molecular weight excluding hydrogens is 393 g/mol. The van der Waals surface area contributed by atoms with Crippen molar-refractivity contribution in [1.29, 1.82) is 0 Å². The van der Waals surface area contributed by atoms with Crippen LogP contribution in [0, 0.1) is 13.8 Å². The number of para-hydroxylation sites is 1. The minimum absolute atomic E-state index is 0.332. The Hall–Kier alpha value is -2.55. The second-order valence-corrected chi connectivity index (χ2v) is 8.55. The Morgan fingerprint density at radius 1 is 1.06 bits per heavy atom. The summed E-state index contributed by atoms with van der Waals surface area (Å²) < 4.78 is 18.4. The Bertz CT molecular complexity index is 886. The molecule has 7 nitrogen and oxygen atoms in total. The Morgan fingerprint density at radius 3 is 2.19 bits per heavy atom.